The molecule has 9 heteroatoms. The van der Waals surface area contributed by atoms with E-state index < -0.39 is 36.0 Å². The smallest absolute Gasteiger partial charge is 0.344 e. The fourth-order valence-corrected chi connectivity index (χ4v) is 3.18. The molecule has 0 unspecified atom stereocenters. The Bertz CT molecular complexity index is 1010. The minimum Gasteiger partial charge on any atom is -0.452 e. The fraction of sp³-hybridized carbons (Fsp3) is 0.238. The maximum atomic E-state index is 12.9. The van der Waals surface area contributed by atoms with Crippen LogP contribution in [0.25, 0.3) is 0 Å². The molecule has 1 saturated heterocycles. The van der Waals surface area contributed by atoms with Crippen LogP contribution < -0.4 is 16.5 Å². The van der Waals surface area contributed by atoms with E-state index >= 15 is 0 Å². The van der Waals surface area contributed by atoms with Gasteiger partial charge in [-0.3, -0.25) is 15.0 Å². The molecule has 4 N–H and O–H groups in total. The third kappa shape index (κ3) is 3.82. The molecule has 0 aliphatic carbocycles. The number of anilines is 1. The van der Waals surface area contributed by atoms with E-state index in [4.69, 9.17) is 10.5 Å². The van der Waals surface area contributed by atoms with Crippen LogP contribution in [0.4, 0.5) is 10.5 Å². The highest BCUT2D eigenvalue weighted by atomic mass is 16.5. The molecule has 1 aliphatic heterocycles. The number of ether oxygens (including phenoxy) is 1. The molecule has 0 saturated carbocycles. The average Bonchev–Trinajstić information content (AvgIpc) is 2.99. The standard InChI is InChI=1S/C21H22N4O5/c1-3-21(15-7-5-4-6-8-15)19(28)25(20(29)23-21)24-17(26)12-30-18(27)14-10-9-13(2)16(22)11-14/h4-11H,3,12,22H2,1-2H3,(H,23,29)(H,24,26)/t21-/m0/s1. The van der Waals surface area contributed by atoms with Crippen LogP contribution in [0.3, 0.4) is 0 Å². The maximum Gasteiger partial charge on any atom is 0.344 e. The molecular weight excluding hydrogens is 388 g/mol. The van der Waals surface area contributed by atoms with Crippen molar-refractivity contribution in [2.45, 2.75) is 25.8 Å². The molecule has 0 bridgehead atoms. The number of aryl methyl sites for hydroxylation is 1. The third-order valence-corrected chi connectivity index (χ3v) is 4.97. The Balaban J connectivity index is 1.65. The maximum absolute atomic E-state index is 12.9. The number of esters is 1. The highest BCUT2D eigenvalue weighted by molar-refractivity contribution is 6.08. The molecule has 1 aliphatic rings. The first-order chi connectivity index (χ1) is 14.3. The summed E-state index contributed by atoms with van der Waals surface area (Å²) in [5, 5.41) is 3.25. The molecule has 0 spiro atoms. The Morgan fingerprint density at radius 2 is 1.87 bits per heavy atom. The quantitative estimate of drug-likeness (QED) is 0.377. The van der Waals surface area contributed by atoms with Crippen molar-refractivity contribution in [2.24, 2.45) is 0 Å². The van der Waals surface area contributed by atoms with E-state index in [1.54, 1.807) is 50.2 Å². The van der Waals surface area contributed by atoms with Gasteiger partial charge in [-0.05, 0) is 36.6 Å². The molecule has 156 valence electrons. The van der Waals surface area contributed by atoms with Crippen molar-refractivity contribution in [3.8, 4) is 0 Å². The van der Waals surface area contributed by atoms with Crippen LogP contribution in [0.2, 0.25) is 0 Å². The van der Waals surface area contributed by atoms with E-state index in [1.165, 1.54) is 12.1 Å². The molecule has 0 radical (unpaired) electrons. The van der Waals surface area contributed by atoms with Crippen molar-refractivity contribution >= 4 is 29.5 Å². The number of hydrazine groups is 1. The second kappa shape index (κ2) is 8.24. The zero-order valence-electron chi connectivity index (χ0n) is 16.6. The molecule has 2 aromatic carbocycles. The highest BCUT2D eigenvalue weighted by Gasteiger charge is 2.52. The van der Waals surface area contributed by atoms with Gasteiger partial charge in [0, 0.05) is 5.69 Å². The van der Waals surface area contributed by atoms with Gasteiger partial charge in [0.1, 0.15) is 5.54 Å². The summed E-state index contributed by atoms with van der Waals surface area (Å²) in [4.78, 5) is 49.6. The molecule has 1 heterocycles. The van der Waals surface area contributed by atoms with Crippen LogP contribution in [0.5, 0.6) is 0 Å². The zero-order valence-corrected chi connectivity index (χ0v) is 16.6. The Kier molecular flexibility index (Phi) is 5.72. The molecule has 9 nitrogen and oxygen atoms in total. The van der Waals surface area contributed by atoms with Gasteiger partial charge in [-0.15, -0.1) is 0 Å². The molecule has 1 atom stereocenters. The van der Waals surface area contributed by atoms with Crippen molar-refractivity contribution in [1.29, 1.82) is 0 Å². The van der Waals surface area contributed by atoms with Crippen LogP contribution in [-0.4, -0.2) is 35.4 Å². The summed E-state index contributed by atoms with van der Waals surface area (Å²) < 4.78 is 4.95. The summed E-state index contributed by atoms with van der Waals surface area (Å²) >= 11 is 0. The number of carbonyl (C=O) groups excluding carboxylic acids is 4. The van der Waals surface area contributed by atoms with Crippen LogP contribution in [0.1, 0.15) is 34.8 Å². The SMILES string of the molecule is CC[C@@]1(c2ccccc2)NC(=O)N(NC(=O)COC(=O)c2ccc(C)c(N)c2)C1=O. The van der Waals surface area contributed by atoms with E-state index in [0.717, 1.165) is 5.56 Å². The number of carbonyl (C=O) groups is 4. The first-order valence-corrected chi connectivity index (χ1v) is 9.33. The predicted octanol–water partition coefficient (Wildman–Crippen LogP) is 1.62. The minimum absolute atomic E-state index is 0.190. The Labute approximate surface area is 173 Å². The molecule has 30 heavy (non-hydrogen) atoms. The topological polar surface area (TPSA) is 131 Å². The number of nitrogens with two attached hydrogens (primary N) is 1. The van der Waals surface area contributed by atoms with Gasteiger partial charge < -0.3 is 15.8 Å². The van der Waals surface area contributed by atoms with Crippen LogP contribution in [0.15, 0.2) is 48.5 Å². The second-order valence-corrected chi connectivity index (χ2v) is 6.88. The van der Waals surface area contributed by atoms with Gasteiger partial charge in [-0.2, -0.15) is 5.01 Å². The summed E-state index contributed by atoms with van der Waals surface area (Å²) in [6.07, 6.45) is 0.289. The summed E-state index contributed by atoms with van der Waals surface area (Å²) in [5.74, 6) is -2.19. The van der Waals surface area contributed by atoms with Gasteiger partial charge >= 0.3 is 12.0 Å². The highest BCUT2D eigenvalue weighted by Crippen LogP contribution is 2.31. The van der Waals surface area contributed by atoms with E-state index in [-0.39, 0.29) is 12.0 Å². The largest absolute Gasteiger partial charge is 0.452 e. The average molecular weight is 410 g/mol. The molecular formula is C21H22N4O5. The Morgan fingerprint density at radius 3 is 2.50 bits per heavy atom. The van der Waals surface area contributed by atoms with Gasteiger partial charge in [0.25, 0.3) is 11.8 Å². The lowest BCUT2D eigenvalue weighted by atomic mass is 9.87. The zero-order chi connectivity index (χ0) is 21.9. The number of rotatable bonds is 6. The lowest BCUT2D eigenvalue weighted by Crippen LogP contribution is -2.49. The van der Waals surface area contributed by atoms with E-state index in [1.807, 2.05) is 0 Å². The van der Waals surface area contributed by atoms with Gasteiger partial charge in [0.05, 0.1) is 5.56 Å². The number of benzene rings is 2. The van der Waals surface area contributed by atoms with E-state index in [0.29, 0.717) is 16.3 Å². The lowest BCUT2D eigenvalue weighted by molar-refractivity contribution is -0.140. The number of urea groups is 1. The number of imide groups is 1. The number of nitrogens with one attached hydrogen (secondary N) is 2. The fourth-order valence-electron chi connectivity index (χ4n) is 3.18. The van der Waals surface area contributed by atoms with Crippen LogP contribution in [0, 0.1) is 6.92 Å². The van der Waals surface area contributed by atoms with E-state index in [2.05, 4.69) is 10.7 Å². The number of amides is 4. The number of nitrogens with zero attached hydrogens (tertiary/aromatic N) is 1. The number of nitrogen functional groups attached to an aromatic ring is 1. The first kappa shape index (κ1) is 20.8. The summed E-state index contributed by atoms with van der Waals surface area (Å²) in [6, 6.07) is 12.6. The first-order valence-electron chi connectivity index (χ1n) is 9.33. The molecule has 3 rings (SSSR count). The van der Waals surface area contributed by atoms with Gasteiger partial charge in [-0.1, -0.05) is 43.3 Å². The predicted molar refractivity (Wildman–Crippen MR) is 108 cm³/mol. The second-order valence-electron chi connectivity index (χ2n) is 6.88. The Morgan fingerprint density at radius 1 is 1.17 bits per heavy atom. The number of hydrogen-bond donors (Lipinski definition) is 3. The molecule has 2 aromatic rings. The lowest BCUT2D eigenvalue weighted by Gasteiger charge is -2.25. The van der Waals surface area contributed by atoms with Crippen molar-refractivity contribution in [2.75, 3.05) is 12.3 Å². The van der Waals surface area contributed by atoms with Crippen LogP contribution >= 0.6 is 0 Å². The molecule has 1 fully saturated rings. The summed E-state index contributed by atoms with van der Waals surface area (Å²) in [7, 11) is 0. The van der Waals surface area contributed by atoms with Crippen LogP contribution in [-0.2, 0) is 19.9 Å². The van der Waals surface area contributed by atoms with Crippen molar-refractivity contribution in [1.82, 2.24) is 15.8 Å². The van der Waals surface area contributed by atoms with Gasteiger partial charge in [0.2, 0.25) is 0 Å². The number of hydrogen-bond acceptors (Lipinski definition) is 6. The van der Waals surface area contributed by atoms with Gasteiger partial charge in [-0.25, -0.2) is 9.59 Å². The Hall–Kier alpha value is -3.88. The summed E-state index contributed by atoms with van der Waals surface area (Å²) in [6.45, 7) is 2.88. The van der Waals surface area contributed by atoms with Crippen molar-refractivity contribution in [3.05, 3.63) is 65.2 Å². The van der Waals surface area contributed by atoms with Crippen molar-refractivity contribution < 1.29 is 23.9 Å². The van der Waals surface area contributed by atoms with Crippen molar-refractivity contribution in [3.63, 3.8) is 0 Å². The monoisotopic (exact) mass is 410 g/mol. The normalized spacial score (nSPS) is 18.1. The minimum atomic E-state index is -1.28. The van der Waals surface area contributed by atoms with Gasteiger partial charge in [0.15, 0.2) is 6.61 Å². The molecule has 0 aromatic heterocycles. The third-order valence-electron chi connectivity index (χ3n) is 4.97. The molecule has 4 amide bonds. The van der Waals surface area contributed by atoms with E-state index in [9.17, 15) is 19.2 Å². The summed E-state index contributed by atoms with van der Waals surface area (Å²) in [5.41, 5.74) is 8.70.